The maximum Gasteiger partial charge on any atom is 0.191 e. The number of rotatable bonds is 4. The number of tetrazole rings is 1. The summed E-state index contributed by atoms with van der Waals surface area (Å²) in [4.78, 5) is 0. The van der Waals surface area contributed by atoms with Crippen molar-refractivity contribution >= 4 is 0 Å². The summed E-state index contributed by atoms with van der Waals surface area (Å²) < 4.78 is 12.9. The average Bonchev–Trinajstić information content (AvgIpc) is 2.81. The molecule has 0 radical (unpaired) electrons. The third kappa shape index (κ3) is 2.62. The smallest absolute Gasteiger partial charge is 0.191 e. The minimum atomic E-state index is -0.463. The molecule has 1 aromatic heterocycles. The molecule has 7 heteroatoms. The van der Waals surface area contributed by atoms with Gasteiger partial charge in [0.05, 0.1) is 6.04 Å². The van der Waals surface area contributed by atoms with Crippen LogP contribution < -0.4 is 5.32 Å². The van der Waals surface area contributed by atoms with Gasteiger partial charge in [-0.2, -0.15) is 5.21 Å². The summed E-state index contributed by atoms with van der Waals surface area (Å²) in [5.41, 5.74) is 0.617. The third-order valence-corrected chi connectivity index (χ3v) is 2.71. The van der Waals surface area contributed by atoms with Crippen LogP contribution in [0.4, 0.5) is 4.39 Å². The van der Waals surface area contributed by atoms with Crippen molar-refractivity contribution in [3.8, 4) is 5.75 Å². The maximum atomic E-state index is 12.9. The van der Waals surface area contributed by atoms with E-state index in [1.807, 2.05) is 13.8 Å². The number of aromatic hydroxyl groups is 1. The topological polar surface area (TPSA) is 86.7 Å². The molecule has 18 heavy (non-hydrogen) atoms. The number of phenols is 1. The van der Waals surface area contributed by atoms with Crippen molar-refractivity contribution in [1.29, 1.82) is 0 Å². The molecule has 1 aromatic carbocycles. The van der Waals surface area contributed by atoms with Gasteiger partial charge in [-0.1, -0.05) is 11.3 Å². The molecule has 0 aliphatic carbocycles. The number of aromatic amines is 1. The van der Waals surface area contributed by atoms with E-state index < -0.39 is 5.82 Å². The van der Waals surface area contributed by atoms with E-state index >= 15 is 0 Å². The molecule has 0 fully saturated rings. The lowest BCUT2D eigenvalue weighted by Gasteiger charge is -2.18. The van der Waals surface area contributed by atoms with Crippen LogP contribution in [-0.2, 0) is 0 Å². The van der Waals surface area contributed by atoms with E-state index in [1.54, 1.807) is 6.07 Å². The van der Waals surface area contributed by atoms with Gasteiger partial charge in [-0.3, -0.25) is 0 Å². The molecule has 0 saturated carbocycles. The number of nitrogens with one attached hydrogen (secondary N) is 2. The largest absolute Gasteiger partial charge is 0.508 e. The van der Waals surface area contributed by atoms with Crippen molar-refractivity contribution < 1.29 is 9.50 Å². The molecule has 0 aliphatic rings. The van der Waals surface area contributed by atoms with Crippen LogP contribution in [0, 0.1) is 5.82 Å². The van der Waals surface area contributed by atoms with Crippen molar-refractivity contribution in [2.24, 2.45) is 0 Å². The second-order valence-corrected chi connectivity index (χ2v) is 4.08. The molecule has 2 atom stereocenters. The minimum absolute atomic E-state index is 0.0738. The standard InChI is InChI=1S/C11H14FN5O/c1-6(9-4-3-8(12)5-10(9)18)13-7(2)11-14-16-17-15-11/h3-7,13,18H,1-2H3,(H,14,15,16,17). The highest BCUT2D eigenvalue weighted by molar-refractivity contribution is 5.35. The number of nitrogens with zero attached hydrogens (tertiary/aromatic N) is 3. The van der Waals surface area contributed by atoms with Gasteiger partial charge in [-0.25, -0.2) is 4.39 Å². The highest BCUT2D eigenvalue weighted by Crippen LogP contribution is 2.26. The summed E-state index contributed by atoms with van der Waals surface area (Å²) >= 11 is 0. The molecule has 0 spiro atoms. The van der Waals surface area contributed by atoms with E-state index in [0.29, 0.717) is 11.4 Å². The SMILES string of the molecule is CC(NC(C)c1ccc(F)cc1O)c1nn[nH]n1. The van der Waals surface area contributed by atoms with E-state index in [0.717, 1.165) is 6.07 Å². The monoisotopic (exact) mass is 251 g/mol. The number of H-pyrrole nitrogens is 1. The maximum absolute atomic E-state index is 12.9. The summed E-state index contributed by atoms with van der Waals surface area (Å²) in [6, 6.07) is 3.65. The Kier molecular flexibility index (Phi) is 3.52. The van der Waals surface area contributed by atoms with Gasteiger partial charge in [0.15, 0.2) is 5.82 Å². The fourth-order valence-electron chi connectivity index (χ4n) is 1.78. The Morgan fingerprint density at radius 3 is 2.72 bits per heavy atom. The van der Waals surface area contributed by atoms with Gasteiger partial charge < -0.3 is 10.4 Å². The van der Waals surface area contributed by atoms with Crippen molar-refractivity contribution in [1.82, 2.24) is 25.9 Å². The van der Waals surface area contributed by atoms with E-state index in [9.17, 15) is 9.50 Å². The van der Waals surface area contributed by atoms with Crippen LogP contribution >= 0.6 is 0 Å². The van der Waals surface area contributed by atoms with Crippen molar-refractivity contribution in [3.63, 3.8) is 0 Å². The molecule has 2 unspecified atom stereocenters. The van der Waals surface area contributed by atoms with Crippen molar-refractivity contribution in [2.45, 2.75) is 25.9 Å². The van der Waals surface area contributed by atoms with Crippen LogP contribution in [0.15, 0.2) is 18.2 Å². The Morgan fingerprint density at radius 2 is 2.11 bits per heavy atom. The van der Waals surface area contributed by atoms with E-state index in [4.69, 9.17) is 0 Å². The number of hydrogen-bond donors (Lipinski definition) is 3. The molecule has 0 amide bonds. The first-order valence-electron chi connectivity index (χ1n) is 5.55. The first kappa shape index (κ1) is 12.4. The normalized spacial score (nSPS) is 14.4. The van der Waals surface area contributed by atoms with Crippen LogP contribution in [0.1, 0.15) is 37.3 Å². The summed E-state index contributed by atoms with van der Waals surface area (Å²) in [5, 5.41) is 26.5. The number of benzene rings is 1. The summed E-state index contributed by atoms with van der Waals surface area (Å²) in [5.74, 6) is -0.00608. The van der Waals surface area contributed by atoms with Gasteiger partial charge in [-0.15, -0.1) is 10.2 Å². The van der Waals surface area contributed by atoms with E-state index in [-0.39, 0.29) is 17.8 Å². The fraction of sp³-hybridized carbons (Fsp3) is 0.364. The van der Waals surface area contributed by atoms with Crippen LogP contribution in [0.2, 0.25) is 0 Å². The van der Waals surface area contributed by atoms with Gasteiger partial charge in [0, 0.05) is 17.7 Å². The minimum Gasteiger partial charge on any atom is -0.508 e. The molecule has 2 rings (SSSR count). The highest BCUT2D eigenvalue weighted by Gasteiger charge is 2.16. The second kappa shape index (κ2) is 5.09. The third-order valence-electron chi connectivity index (χ3n) is 2.71. The predicted octanol–water partition coefficient (Wildman–Crippen LogP) is 1.46. The molecule has 2 aromatic rings. The van der Waals surface area contributed by atoms with Crippen LogP contribution in [0.5, 0.6) is 5.75 Å². The number of halogens is 1. The Labute approximate surface area is 103 Å². The molecular formula is C11H14FN5O. The molecule has 96 valence electrons. The zero-order chi connectivity index (χ0) is 13.1. The molecule has 3 N–H and O–H groups in total. The number of aromatic nitrogens is 4. The van der Waals surface area contributed by atoms with Gasteiger partial charge >= 0.3 is 0 Å². The lowest BCUT2D eigenvalue weighted by Crippen LogP contribution is -2.23. The second-order valence-electron chi connectivity index (χ2n) is 4.08. The van der Waals surface area contributed by atoms with Crippen LogP contribution in [-0.4, -0.2) is 25.7 Å². The summed E-state index contributed by atoms with van der Waals surface area (Å²) in [6.45, 7) is 3.74. The van der Waals surface area contributed by atoms with Crippen LogP contribution in [0.3, 0.4) is 0 Å². The average molecular weight is 251 g/mol. The molecule has 0 saturated heterocycles. The van der Waals surface area contributed by atoms with Crippen molar-refractivity contribution in [3.05, 3.63) is 35.4 Å². The first-order valence-corrected chi connectivity index (χ1v) is 5.55. The quantitative estimate of drug-likeness (QED) is 0.765. The van der Waals surface area contributed by atoms with Gasteiger partial charge in [-0.05, 0) is 19.9 Å². The molecule has 0 bridgehead atoms. The molecule has 6 nitrogen and oxygen atoms in total. The van der Waals surface area contributed by atoms with E-state index in [2.05, 4.69) is 25.9 Å². The van der Waals surface area contributed by atoms with Gasteiger partial charge in [0.25, 0.3) is 0 Å². The lowest BCUT2D eigenvalue weighted by atomic mass is 10.1. The Morgan fingerprint density at radius 1 is 1.33 bits per heavy atom. The van der Waals surface area contributed by atoms with Crippen LogP contribution in [0.25, 0.3) is 0 Å². The molecule has 1 heterocycles. The Hall–Kier alpha value is -2.02. The zero-order valence-corrected chi connectivity index (χ0v) is 10.1. The van der Waals surface area contributed by atoms with Crippen molar-refractivity contribution in [2.75, 3.05) is 0 Å². The summed E-state index contributed by atoms with van der Waals surface area (Å²) in [6.07, 6.45) is 0. The predicted molar refractivity (Wildman–Crippen MR) is 62.2 cm³/mol. The zero-order valence-electron chi connectivity index (χ0n) is 10.1. The van der Waals surface area contributed by atoms with Gasteiger partial charge in [0.1, 0.15) is 11.6 Å². The lowest BCUT2D eigenvalue weighted by molar-refractivity contribution is 0.429. The number of hydrogen-bond acceptors (Lipinski definition) is 5. The Balaban J connectivity index is 2.10. The van der Waals surface area contributed by atoms with E-state index in [1.165, 1.54) is 6.07 Å². The number of phenolic OH excluding ortho intramolecular Hbond substituents is 1. The summed E-state index contributed by atoms with van der Waals surface area (Å²) in [7, 11) is 0. The van der Waals surface area contributed by atoms with Gasteiger partial charge in [0.2, 0.25) is 0 Å². The highest BCUT2D eigenvalue weighted by atomic mass is 19.1. The first-order chi connectivity index (χ1) is 8.58. The fourth-order valence-corrected chi connectivity index (χ4v) is 1.78. The molecular weight excluding hydrogens is 237 g/mol. The Bertz CT molecular complexity index is 516. The molecule has 0 aliphatic heterocycles.